The number of alkyl halides is 1. The van der Waals surface area contributed by atoms with E-state index in [9.17, 15) is 0 Å². The van der Waals surface area contributed by atoms with Gasteiger partial charge in [0.15, 0.2) is 0 Å². The van der Waals surface area contributed by atoms with E-state index in [1.54, 1.807) is 0 Å². The summed E-state index contributed by atoms with van der Waals surface area (Å²) >= 11 is 2.48. The molecule has 0 unspecified atom stereocenters. The molecule has 0 heterocycles. The molecular formula is C9H15IO. The van der Waals surface area contributed by atoms with Gasteiger partial charge >= 0.3 is 0 Å². The molecule has 1 aliphatic rings. The average molecular weight is 266 g/mol. The van der Waals surface area contributed by atoms with Crippen molar-refractivity contribution in [1.29, 1.82) is 0 Å². The van der Waals surface area contributed by atoms with Crippen molar-refractivity contribution in [3.8, 4) is 0 Å². The Morgan fingerprint density at radius 3 is 2.82 bits per heavy atom. The van der Waals surface area contributed by atoms with Crippen molar-refractivity contribution in [2.75, 3.05) is 0 Å². The maximum absolute atomic E-state index is 5.71. The van der Waals surface area contributed by atoms with Gasteiger partial charge in [-0.15, -0.1) is 0 Å². The molecule has 1 nitrogen and oxygen atoms in total. The van der Waals surface area contributed by atoms with Gasteiger partial charge in [0.1, 0.15) is 0 Å². The SMILES string of the molecule is CC(C)O[C@@H]1C=CCC[C@H]1I. The Morgan fingerprint density at radius 1 is 1.55 bits per heavy atom. The zero-order valence-corrected chi connectivity index (χ0v) is 9.24. The van der Waals surface area contributed by atoms with Crippen LogP contribution >= 0.6 is 22.6 Å². The predicted molar refractivity (Wildman–Crippen MR) is 56.2 cm³/mol. The molecule has 2 heteroatoms. The monoisotopic (exact) mass is 266 g/mol. The minimum atomic E-state index is 0.347. The second-order valence-corrected chi connectivity index (χ2v) is 4.77. The first-order valence-corrected chi connectivity index (χ1v) is 5.41. The third kappa shape index (κ3) is 3.11. The van der Waals surface area contributed by atoms with Crippen LogP contribution in [0.2, 0.25) is 0 Å². The van der Waals surface area contributed by atoms with Crippen LogP contribution in [0.4, 0.5) is 0 Å². The lowest BCUT2D eigenvalue weighted by atomic mass is 10.1. The smallest absolute Gasteiger partial charge is 0.0876 e. The van der Waals surface area contributed by atoms with E-state index in [1.807, 2.05) is 0 Å². The fraction of sp³-hybridized carbons (Fsp3) is 0.778. The van der Waals surface area contributed by atoms with Crippen molar-refractivity contribution in [3.63, 3.8) is 0 Å². The molecule has 2 atom stereocenters. The lowest BCUT2D eigenvalue weighted by molar-refractivity contribution is 0.0339. The van der Waals surface area contributed by atoms with Gasteiger partial charge in [-0.3, -0.25) is 0 Å². The van der Waals surface area contributed by atoms with Crippen LogP contribution in [0.25, 0.3) is 0 Å². The first kappa shape index (κ1) is 9.52. The summed E-state index contributed by atoms with van der Waals surface area (Å²) in [6.07, 6.45) is 7.59. The van der Waals surface area contributed by atoms with E-state index >= 15 is 0 Å². The Labute approximate surface area is 82.3 Å². The molecule has 0 N–H and O–H groups in total. The molecule has 0 bridgehead atoms. The quantitative estimate of drug-likeness (QED) is 0.424. The Kier molecular flexibility index (Phi) is 3.85. The van der Waals surface area contributed by atoms with Crippen molar-refractivity contribution in [2.24, 2.45) is 0 Å². The van der Waals surface area contributed by atoms with E-state index in [4.69, 9.17) is 4.74 Å². The van der Waals surface area contributed by atoms with Crippen molar-refractivity contribution in [2.45, 2.75) is 42.8 Å². The summed E-state index contributed by atoms with van der Waals surface area (Å²) < 4.78 is 6.38. The standard InChI is InChI=1S/C9H15IO/c1-7(2)11-9-6-4-3-5-8(9)10/h4,6-9H,3,5H2,1-2H3/t8-,9-/m1/s1. The highest BCUT2D eigenvalue weighted by molar-refractivity contribution is 14.1. The van der Waals surface area contributed by atoms with Gasteiger partial charge in [0.2, 0.25) is 0 Å². The highest BCUT2D eigenvalue weighted by atomic mass is 127. The van der Waals surface area contributed by atoms with Crippen LogP contribution < -0.4 is 0 Å². The zero-order chi connectivity index (χ0) is 8.27. The highest BCUT2D eigenvalue weighted by Gasteiger charge is 2.19. The molecule has 0 spiro atoms. The largest absolute Gasteiger partial charge is 0.370 e. The van der Waals surface area contributed by atoms with Gasteiger partial charge in [0.25, 0.3) is 0 Å². The second kappa shape index (κ2) is 4.45. The fourth-order valence-corrected chi connectivity index (χ4v) is 1.98. The summed E-state index contributed by atoms with van der Waals surface area (Å²) in [4.78, 5) is 0. The van der Waals surface area contributed by atoms with Gasteiger partial charge in [0.05, 0.1) is 12.2 Å². The third-order valence-corrected chi connectivity index (χ3v) is 3.05. The maximum Gasteiger partial charge on any atom is 0.0876 e. The van der Waals surface area contributed by atoms with Crippen molar-refractivity contribution < 1.29 is 4.74 Å². The number of hydrogen-bond acceptors (Lipinski definition) is 1. The van der Waals surface area contributed by atoms with Gasteiger partial charge in [-0.2, -0.15) is 0 Å². The topological polar surface area (TPSA) is 9.23 Å². The van der Waals surface area contributed by atoms with Gasteiger partial charge in [0, 0.05) is 3.92 Å². The second-order valence-electron chi connectivity index (χ2n) is 3.17. The molecule has 64 valence electrons. The molecule has 0 aromatic carbocycles. The van der Waals surface area contributed by atoms with E-state index in [-0.39, 0.29) is 0 Å². The van der Waals surface area contributed by atoms with Crippen LogP contribution in [0.15, 0.2) is 12.2 Å². The summed E-state index contributed by atoms with van der Waals surface area (Å²) in [7, 11) is 0. The molecule has 0 saturated heterocycles. The normalized spacial score (nSPS) is 31.3. The molecule has 0 aliphatic heterocycles. The van der Waals surface area contributed by atoms with E-state index in [0.29, 0.717) is 16.1 Å². The molecule has 0 fully saturated rings. The molecule has 0 aromatic heterocycles. The Bertz CT molecular complexity index is 142. The molecule has 0 aromatic rings. The fourth-order valence-electron chi connectivity index (χ4n) is 1.22. The number of hydrogen-bond donors (Lipinski definition) is 0. The van der Waals surface area contributed by atoms with Crippen LogP contribution in [-0.2, 0) is 4.74 Å². The molecule has 0 amide bonds. The number of ether oxygens (including phenoxy) is 1. The summed E-state index contributed by atoms with van der Waals surface area (Å²) in [5, 5.41) is 0. The lowest BCUT2D eigenvalue weighted by Gasteiger charge is -2.24. The molecule has 0 radical (unpaired) electrons. The molecule has 1 aliphatic carbocycles. The minimum Gasteiger partial charge on any atom is -0.370 e. The first-order chi connectivity index (χ1) is 5.20. The number of rotatable bonds is 2. The van der Waals surface area contributed by atoms with Gasteiger partial charge in [-0.25, -0.2) is 0 Å². The molecular weight excluding hydrogens is 251 g/mol. The lowest BCUT2D eigenvalue weighted by Crippen LogP contribution is -2.27. The highest BCUT2D eigenvalue weighted by Crippen LogP contribution is 2.23. The maximum atomic E-state index is 5.71. The molecule has 11 heavy (non-hydrogen) atoms. The van der Waals surface area contributed by atoms with Gasteiger partial charge in [-0.1, -0.05) is 34.7 Å². The number of halogens is 1. The predicted octanol–water partition coefficient (Wildman–Crippen LogP) is 2.93. The van der Waals surface area contributed by atoms with Crippen LogP contribution in [-0.4, -0.2) is 16.1 Å². The average Bonchev–Trinajstić information content (AvgIpc) is 1.93. The van der Waals surface area contributed by atoms with Crippen LogP contribution in [0.3, 0.4) is 0 Å². The number of allylic oxidation sites excluding steroid dienone is 1. The molecule has 1 rings (SSSR count). The van der Waals surface area contributed by atoms with Crippen LogP contribution in [0.5, 0.6) is 0 Å². The summed E-state index contributed by atoms with van der Waals surface area (Å²) in [6.45, 7) is 4.18. The van der Waals surface area contributed by atoms with E-state index in [0.717, 1.165) is 0 Å². The minimum absolute atomic E-state index is 0.347. The summed E-state index contributed by atoms with van der Waals surface area (Å²) in [5.41, 5.74) is 0. The van der Waals surface area contributed by atoms with Crippen molar-refractivity contribution in [1.82, 2.24) is 0 Å². The Balaban J connectivity index is 2.41. The Morgan fingerprint density at radius 2 is 2.27 bits per heavy atom. The first-order valence-electron chi connectivity index (χ1n) is 4.16. The van der Waals surface area contributed by atoms with Crippen LogP contribution in [0.1, 0.15) is 26.7 Å². The van der Waals surface area contributed by atoms with E-state index in [2.05, 4.69) is 48.6 Å². The third-order valence-electron chi connectivity index (χ3n) is 1.72. The molecule has 0 saturated carbocycles. The van der Waals surface area contributed by atoms with Gasteiger partial charge in [-0.05, 0) is 26.7 Å². The zero-order valence-electron chi connectivity index (χ0n) is 7.09. The van der Waals surface area contributed by atoms with Crippen molar-refractivity contribution in [3.05, 3.63) is 12.2 Å². The summed E-state index contributed by atoms with van der Waals surface area (Å²) in [5.74, 6) is 0. The van der Waals surface area contributed by atoms with Crippen molar-refractivity contribution >= 4 is 22.6 Å². The van der Waals surface area contributed by atoms with Crippen LogP contribution in [0, 0.1) is 0 Å². The Hall–Kier alpha value is 0.430. The summed E-state index contributed by atoms with van der Waals surface area (Å²) in [6, 6.07) is 0. The van der Waals surface area contributed by atoms with Gasteiger partial charge < -0.3 is 4.74 Å². The van der Waals surface area contributed by atoms with E-state index in [1.165, 1.54) is 12.8 Å². The van der Waals surface area contributed by atoms with E-state index < -0.39 is 0 Å².